The molecule has 2 aromatic heterocycles. The van der Waals surface area contributed by atoms with Crippen LogP contribution in [0.4, 0.5) is 15.9 Å². The first kappa shape index (κ1) is 27.0. The summed E-state index contributed by atoms with van der Waals surface area (Å²) >= 11 is 8.15. The van der Waals surface area contributed by atoms with Crippen molar-refractivity contribution in [1.82, 2.24) is 15.0 Å². The highest BCUT2D eigenvalue weighted by atomic mass is 35.5. The van der Waals surface area contributed by atoms with E-state index in [0.717, 1.165) is 27.9 Å². The van der Waals surface area contributed by atoms with Gasteiger partial charge in [0.25, 0.3) is 0 Å². The lowest BCUT2D eigenvalue weighted by molar-refractivity contribution is -0.0974. The largest absolute Gasteiger partial charge is 0.487 e. The minimum absolute atomic E-state index is 0.201. The molecule has 0 aliphatic heterocycles. The van der Waals surface area contributed by atoms with Crippen molar-refractivity contribution >= 4 is 45.8 Å². The monoisotopic (exact) mass is 564 g/mol. The maximum absolute atomic E-state index is 13.4. The Balaban J connectivity index is 1.32. The molecule has 10 heteroatoms. The van der Waals surface area contributed by atoms with Crippen molar-refractivity contribution in [3.05, 3.63) is 101 Å². The van der Waals surface area contributed by atoms with Crippen LogP contribution in [0.15, 0.2) is 83.5 Å². The third kappa shape index (κ3) is 6.88. The van der Waals surface area contributed by atoms with Crippen molar-refractivity contribution in [2.75, 3.05) is 23.9 Å². The van der Waals surface area contributed by atoms with Crippen molar-refractivity contribution in [1.29, 1.82) is 0 Å². The molecule has 200 valence electrons. The fourth-order valence-electron chi connectivity index (χ4n) is 4.00. The van der Waals surface area contributed by atoms with Crippen molar-refractivity contribution in [2.45, 2.75) is 13.2 Å². The topological polar surface area (TPSA) is 83.7 Å². The average molecular weight is 565 g/mol. The molecule has 3 aromatic carbocycles. The number of aromatic nitrogens is 2. The Labute approximate surface area is 234 Å². The lowest BCUT2D eigenvalue weighted by Gasteiger charge is -2.12. The lowest BCUT2D eigenvalue weighted by atomic mass is 10.1. The number of rotatable bonds is 11. The number of nitrogens with zero attached hydrogens (tertiary/aromatic N) is 3. The summed E-state index contributed by atoms with van der Waals surface area (Å²) in [5, 5.41) is 15.8. The second kappa shape index (κ2) is 12.5. The highest BCUT2D eigenvalue weighted by molar-refractivity contribution is 7.98. The van der Waals surface area contributed by atoms with Crippen molar-refractivity contribution in [2.24, 2.45) is 0 Å². The van der Waals surface area contributed by atoms with E-state index in [1.165, 1.54) is 23.5 Å². The number of hydroxylamine groups is 2. The number of hydrogen-bond acceptors (Lipinski definition) is 8. The highest BCUT2D eigenvalue weighted by Crippen LogP contribution is 2.33. The van der Waals surface area contributed by atoms with Gasteiger partial charge in [-0.05, 0) is 72.5 Å². The zero-order valence-electron chi connectivity index (χ0n) is 21.1. The van der Waals surface area contributed by atoms with Gasteiger partial charge >= 0.3 is 0 Å². The molecule has 0 bridgehead atoms. The van der Waals surface area contributed by atoms with E-state index in [9.17, 15) is 9.60 Å². The average Bonchev–Trinajstić information content (AvgIpc) is 3.40. The molecule has 5 aromatic rings. The van der Waals surface area contributed by atoms with E-state index in [0.29, 0.717) is 46.8 Å². The van der Waals surface area contributed by atoms with Gasteiger partial charge in [-0.2, -0.15) is 16.8 Å². The Morgan fingerprint density at radius 2 is 1.97 bits per heavy atom. The lowest BCUT2D eigenvalue weighted by Crippen LogP contribution is -2.21. The molecular formula is C29H26ClFN4O3S. The van der Waals surface area contributed by atoms with E-state index in [1.807, 2.05) is 42.7 Å². The molecule has 0 atom stereocenters. The van der Waals surface area contributed by atoms with Crippen molar-refractivity contribution in [3.63, 3.8) is 0 Å². The summed E-state index contributed by atoms with van der Waals surface area (Å²) in [5.74, 6) is 2.98. The quantitative estimate of drug-likeness (QED) is 0.159. The van der Waals surface area contributed by atoms with Crippen molar-refractivity contribution < 1.29 is 18.8 Å². The van der Waals surface area contributed by atoms with E-state index in [1.54, 1.807) is 36.0 Å². The number of hydrogen-bond donors (Lipinski definition) is 2. The molecular weight excluding hydrogens is 539 g/mol. The summed E-state index contributed by atoms with van der Waals surface area (Å²) < 4.78 is 25.2. The van der Waals surface area contributed by atoms with Gasteiger partial charge in [-0.3, -0.25) is 0 Å². The molecule has 0 saturated carbocycles. The molecule has 39 heavy (non-hydrogen) atoms. The molecule has 0 amide bonds. The molecule has 0 unspecified atom stereocenters. The van der Waals surface area contributed by atoms with Gasteiger partial charge in [0.1, 0.15) is 41.8 Å². The standard InChI is InChI=1S/C29H26ClFN4O3S/c1-39-12-11-35(36)16-23-7-10-27(38-23)20-5-8-26-24(14-20)29(33-18-32-26)34-22-6-9-28(25(30)15-22)37-17-19-3-2-4-21(31)13-19/h2-10,13-15,18,36H,11-12,16-17H2,1H3,(H,32,33,34). The molecule has 2 heterocycles. The van der Waals surface area contributed by atoms with E-state index < -0.39 is 0 Å². The second-order valence-electron chi connectivity index (χ2n) is 8.79. The number of fused-ring (bicyclic) bond motifs is 1. The molecule has 7 nitrogen and oxygen atoms in total. The fourth-order valence-corrected chi connectivity index (χ4v) is 4.63. The summed E-state index contributed by atoms with van der Waals surface area (Å²) in [7, 11) is 0. The van der Waals surface area contributed by atoms with Crippen LogP contribution in [0, 0.1) is 5.82 Å². The molecule has 0 spiro atoms. The molecule has 0 radical (unpaired) electrons. The smallest absolute Gasteiger partial charge is 0.141 e. The summed E-state index contributed by atoms with van der Waals surface area (Å²) in [6, 6.07) is 21.1. The SMILES string of the molecule is CSCCN(O)Cc1ccc(-c2ccc3ncnc(Nc4ccc(OCc5cccc(F)c5)c(Cl)c4)c3c2)o1. The van der Waals surface area contributed by atoms with Crippen LogP contribution in [0.3, 0.4) is 0 Å². The van der Waals surface area contributed by atoms with Crippen LogP contribution < -0.4 is 10.1 Å². The van der Waals surface area contributed by atoms with Crippen LogP contribution >= 0.6 is 23.4 Å². The second-order valence-corrected chi connectivity index (χ2v) is 10.2. The first-order valence-corrected chi connectivity index (χ1v) is 14.0. The van der Waals surface area contributed by atoms with E-state index in [4.69, 9.17) is 20.8 Å². The maximum Gasteiger partial charge on any atom is 0.141 e. The van der Waals surface area contributed by atoms with Crippen LogP contribution in [0.1, 0.15) is 11.3 Å². The molecule has 0 fully saturated rings. The van der Waals surface area contributed by atoms with Gasteiger partial charge in [-0.1, -0.05) is 23.7 Å². The number of thioether (sulfide) groups is 1. The third-order valence-corrected chi connectivity index (χ3v) is 6.84. The third-order valence-electron chi connectivity index (χ3n) is 5.95. The van der Waals surface area contributed by atoms with Gasteiger partial charge in [0.05, 0.1) is 17.1 Å². The minimum atomic E-state index is -0.312. The van der Waals surface area contributed by atoms with Crippen LogP contribution in [-0.4, -0.2) is 38.8 Å². The Hall–Kier alpha value is -3.63. The van der Waals surface area contributed by atoms with Crippen LogP contribution in [0.2, 0.25) is 5.02 Å². The Kier molecular flexibility index (Phi) is 8.63. The van der Waals surface area contributed by atoms with Crippen molar-refractivity contribution in [3.8, 4) is 17.1 Å². The molecule has 0 aliphatic rings. The number of ether oxygens (including phenoxy) is 1. The number of furan rings is 1. The van der Waals surface area contributed by atoms with Gasteiger partial charge in [0.15, 0.2) is 0 Å². The number of benzene rings is 3. The van der Waals surface area contributed by atoms with Crippen LogP contribution in [-0.2, 0) is 13.2 Å². The molecule has 0 saturated heterocycles. The van der Waals surface area contributed by atoms with Gasteiger partial charge in [-0.15, -0.1) is 0 Å². The molecule has 0 aliphatic carbocycles. The molecule has 2 N–H and O–H groups in total. The predicted octanol–water partition coefficient (Wildman–Crippen LogP) is 7.56. The van der Waals surface area contributed by atoms with E-state index in [-0.39, 0.29) is 12.4 Å². The summed E-state index contributed by atoms with van der Waals surface area (Å²) in [6.45, 7) is 1.07. The first-order chi connectivity index (χ1) is 19.0. The number of anilines is 2. The Bertz CT molecular complexity index is 1580. The van der Waals surface area contributed by atoms with Gasteiger partial charge in [0.2, 0.25) is 0 Å². The summed E-state index contributed by atoms with van der Waals surface area (Å²) in [4.78, 5) is 8.83. The fraction of sp³-hybridized carbons (Fsp3) is 0.172. The summed E-state index contributed by atoms with van der Waals surface area (Å²) in [6.07, 6.45) is 3.50. The number of nitrogens with one attached hydrogen (secondary N) is 1. The van der Waals surface area contributed by atoms with Gasteiger partial charge in [0, 0.05) is 28.9 Å². The molecule has 5 rings (SSSR count). The Morgan fingerprint density at radius 3 is 2.79 bits per heavy atom. The number of halogens is 2. The highest BCUT2D eigenvalue weighted by Gasteiger charge is 2.12. The normalized spacial score (nSPS) is 11.3. The summed E-state index contributed by atoms with van der Waals surface area (Å²) in [5.41, 5.74) is 3.06. The minimum Gasteiger partial charge on any atom is -0.487 e. The first-order valence-electron chi connectivity index (χ1n) is 12.2. The van der Waals surface area contributed by atoms with E-state index >= 15 is 0 Å². The van der Waals surface area contributed by atoms with Gasteiger partial charge < -0.3 is 19.7 Å². The van der Waals surface area contributed by atoms with Crippen LogP contribution in [0.25, 0.3) is 22.2 Å². The zero-order valence-corrected chi connectivity index (χ0v) is 22.7. The Morgan fingerprint density at radius 1 is 1.08 bits per heavy atom. The zero-order chi connectivity index (χ0) is 27.2. The maximum atomic E-state index is 13.4. The van der Waals surface area contributed by atoms with Gasteiger partial charge in [-0.25, -0.2) is 14.4 Å². The van der Waals surface area contributed by atoms with E-state index in [2.05, 4.69) is 15.3 Å². The van der Waals surface area contributed by atoms with Crippen LogP contribution in [0.5, 0.6) is 5.75 Å². The predicted molar refractivity (Wildman–Crippen MR) is 153 cm³/mol.